The van der Waals surface area contributed by atoms with Crippen molar-refractivity contribution >= 4 is 0 Å². The van der Waals surface area contributed by atoms with Gasteiger partial charge in [-0.15, -0.1) is 0 Å². The summed E-state index contributed by atoms with van der Waals surface area (Å²) in [5, 5.41) is 7.75. The summed E-state index contributed by atoms with van der Waals surface area (Å²) in [4.78, 5) is 4.36. The van der Waals surface area contributed by atoms with Gasteiger partial charge in [-0.3, -0.25) is 9.67 Å². The third kappa shape index (κ3) is 2.43. The van der Waals surface area contributed by atoms with Crippen LogP contribution in [0.15, 0.2) is 30.6 Å². The number of hydrogen-bond donors (Lipinski definition) is 1. The molecule has 0 radical (unpaired) electrons. The van der Waals surface area contributed by atoms with Crippen molar-refractivity contribution in [3.05, 3.63) is 47.5 Å². The molecule has 96 valence electrons. The third-order valence-corrected chi connectivity index (χ3v) is 3.13. The molecule has 2 aromatic rings. The van der Waals surface area contributed by atoms with Crippen LogP contribution in [0, 0.1) is 6.92 Å². The molecule has 0 saturated heterocycles. The van der Waals surface area contributed by atoms with E-state index in [0.717, 1.165) is 18.7 Å². The Morgan fingerprint density at radius 1 is 1.33 bits per heavy atom. The minimum absolute atomic E-state index is 0.146. The number of rotatable bonds is 5. The summed E-state index contributed by atoms with van der Waals surface area (Å²) in [6.07, 6.45) is 4.77. The van der Waals surface area contributed by atoms with Gasteiger partial charge in [0.1, 0.15) is 0 Å². The van der Waals surface area contributed by atoms with Crippen molar-refractivity contribution in [2.45, 2.75) is 32.9 Å². The molecule has 2 rings (SSSR count). The minimum atomic E-state index is 0.146. The monoisotopic (exact) mass is 244 g/mol. The zero-order valence-electron chi connectivity index (χ0n) is 11.2. The maximum absolute atomic E-state index is 4.39. The lowest BCUT2D eigenvalue weighted by Crippen LogP contribution is -2.22. The van der Waals surface area contributed by atoms with Crippen LogP contribution in [0.2, 0.25) is 0 Å². The lowest BCUT2D eigenvalue weighted by Gasteiger charge is -2.19. The Kier molecular flexibility index (Phi) is 4.10. The van der Waals surface area contributed by atoms with E-state index < -0.39 is 0 Å². The number of hydrogen-bond acceptors (Lipinski definition) is 3. The standard InChI is InChI=1S/C14H20N4/c1-4-10-18-13(7-9-17-18)14(15-3)12-6-5-8-16-11(12)2/h5-9,14-15H,4,10H2,1-3H3. The smallest absolute Gasteiger partial charge is 0.0763 e. The SMILES string of the molecule is CCCn1nccc1C(NC)c1cccnc1C. The highest BCUT2D eigenvalue weighted by atomic mass is 15.3. The van der Waals surface area contributed by atoms with E-state index >= 15 is 0 Å². The summed E-state index contributed by atoms with van der Waals surface area (Å²) in [6, 6.07) is 6.32. The van der Waals surface area contributed by atoms with E-state index in [0.29, 0.717) is 0 Å². The quantitative estimate of drug-likeness (QED) is 0.877. The summed E-state index contributed by atoms with van der Waals surface area (Å²) in [5.41, 5.74) is 3.45. The number of aromatic nitrogens is 3. The Labute approximate surface area is 108 Å². The molecule has 0 spiro atoms. The van der Waals surface area contributed by atoms with Crippen LogP contribution in [-0.4, -0.2) is 21.8 Å². The van der Waals surface area contributed by atoms with Crippen molar-refractivity contribution in [1.29, 1.82) is 0 Å². The van der Waals surface area contributed by atoms with Gasteiger partial charge in [-0.1, -0.05) is 13.0 Å². The highest BCUT2D eigenvalue weighted by Gasteiger charge is 2.18. The number of aryl methyl sites for hydroxylation is 2. The number of nitrogens with zero attached hydrogens (tertiary/aromatic N) is 3. The average molecular weight is 244 g/mol. The molecule has 0 saturated carbocycles. The Hall–Kier alpha value is -1.68. The second kappa shape index (κ2) is 5.78. The molecule has 18 heavy (non-hydrogen) atoms. The van der Waals surface area contributed by atoms with E-state index in [-0.39, 0.29) is 6.04 Å². The molecule has 0 aromatic carbocycles. The first-order valence-electron chi connectivity index (χ1n) is 6.38. The van der Waals surface area contributed by atoms with Gasteiger partial charge >= 0.3 is 0 Å². The van der Waals surface area contributed by atoms with Crippen LogP contribution in [-0.2, 0) is 6.54 Å². The van der Waals surface area contributed by atoms with Crippen LogP contribution in [0.3, 0.4) is 0 Å². The summed E-state index contributed by atoms with van der Waals surface area (Å²) in [7, 11) is 1.97. The van der Waals surface area contributed by atoms with Crippen LogP contribution < -0.4 is 5.32 Å². The van der Waals surface area contributed by atoms with Crippen LogP contribution in [0.4, 0.5) is 0 Å². The molecule has 1 unspecified atom stereocenters. The van der Waals surface area contributed by atoms with Crippen LogP contribution in [0.1, 0.15) is 36.3 Å². The first-order chi connectivity index (χ1) is 8.77. The van der Waals surface area contributed by atoms with Crippen molar-refractivity contribution < 1.29 is 0 Å². The predicted molar refractivity (Wildman–Crippen MR) is 72.4 cm³/mol. The van der Waals surface area contributed by atoms with Crippen LogP contribution in [0.5, 0.6) is 0 Å². The molecular formula is C14H20N4. The number of nitrogens with one attached hydrogen (secondary N) is 1. The largest absolute Gasteiger partial charge is 0.308 e. The molecule has 0 bridgehead atoms. The second-order valence-electron chi connectivity index (χ2n) is 4.38. The molecule has 2 aromatic heterocycles. The Morgan fingerprint density at radius 2 is 2.17 bits per heavy atom. The molecular weight excluding hydrogens is 224 g/mol. The van der Waals surface area contributed by atoms with Gasteiger partial charge in [-0.05, 0) is 38.1 Å². The predicted octanol–water partition coefficient (Wildman–Crippen LogP) is 2.31. The molecule has 4 heteroatoms. The summed E-state index contributed by atoms with van der Waals surface area (Å²) < 4.78 is 2.06. The molecule has 0 aliphatic heterocycles. The van der Waals surface area contributed by atoms with Crippen molar-refractivity contribution in [3.8, 4) is 0 Å². The van der Waals surface area contributed by atoms with E-state index in [1.807, 2.05) is 32.4 Å². The van der Waals surface area contributed by atoms with Crippen LogP contribution in [0.25, 0.3) is 0 Å². The van der Waals surface area contributed by atoms with Crippen LogP contribution >= 0.6 is 0 Å². The van der Waals surface area contributed by atoms with Crippen molar-refractivity contribution in [2.75, 3.05) is 7.05 Å². The average Bonchev–Trinajstić information content (AvgIpc) is 2.82. The zero-order chi connectivity index (χ0) is 13.0. The highest BCUT2D eigenvalue weighted by Crippen LogP contribution is 2.23. The normalized spacial score (nSPS) is 12.6. The Balaban J connectivity index is 2.39. The molecule has 1 N–H and O–H groups in total. The van der Waals surface area contributed by atoms with Gasteiger partial charge in [-0.2, -0.15) is 5.10 Å². The van der Waals surface area contributed by atoms with E-state index in [1.54, 1.807) is 0 Å². The fraction of sp³-hybridized carbons (Fsp3) is 0.429. The van der Waals surface area contributed by atoms with E-state index in [9.17, 15) is 0 Å². The summed E-state index contributed by atoms with van der Waals surface area (Å²) in [6.45, 7) is 5.15. The summed E-state index contributed by atoms with van der Waals surface area (Å²) in [5.74, 6) is 0. The summed E-state index contributed by atoms with van der Waals surface area (Å²) >= 11 is 0. The van der Waals surface area contributed by atoms with Gasteiger partial charge in [0.15, 0.2) is 0 Å². The Bertz CT molecular complexity index is 504. The maximum Gasteiger partial charge on any atom is 0.0763 e. The topological polar surface area (TPSA) is 42.7 Å². The van der Waals surface area contributed by atoms with Gasteiger partial charge < -0.3 is 5.32 Å². The first-order valence-corrected chi connectivity index (χ1v) is 6.38. The zero-order valence-corrected chi connectivity index (χ0v) is 11.2. The lowest BCUT2D eigenvalue weighted by atomic mass is 10.0. The van der Waals surface area contributed by atoms with Gasteiger partial charge in [0, 0.05) is 24.6 Å². The molecule has 0 aliphatic rings. The third-order valence-electron chi connectivity index (χ3n) is 3.13. The number of pyridine rings is 1. The fourth-order valence-electron chi connectivity index (χ4n) is 2.25. The van der Waals surface area contributed by atoms with Gasteiger partial charge in [0.05, 0.1) is 11.7 Å². The van der Waals surface area contributed by atoms with E-state index in [1.165, 1.54) is 11.3 Å². The highest BCUT2D eigenvalue weighted by molar-refractivity contribution is 5.30. The first kappa shape index (κ1) is 12.8. The lowest BCUT2D eigenvalue weighted by molar-refractivity contribution is 0.533. The molecule has 0 amide bonds. The molecule has 2 heterocycles. The van der Waals surface area contributed by atoms with Gasteiger partial charge in [0.2, 0.25) is 0 Å². The van der Waals surface area contributed by atoms with E-state index in [4.69, 9.17) is 0 Å². The Morgan fingerprint density at radius 3 is 2.83 bits per heavy atom. The van der Waals surface area contributed by atoms with Crippen molar-refractivity contribution in [3.63, 3.8) is 0 Å². The van der Waals surface area contributed by atoms with E-state index in [2.05, 4.69) is 39.1 Å². The van der Waals surface area contributed by atoms with Gasteiger partial charge in [-0.25, -0.2) is 0 Å². The maximum atomic E-state index is 4.39. The second-order valence-corrected chi connectivity index (χ2v) is 4.38. The molecule has 4 nitrogen and oxygen atoms in total. The fourth-order valence-corrected chi connectivity index (χ4v) is 2.25. The molecule has 0 fully saturated rings. The van der Waals surface area contributed by atoms with Gasteiger partial charge in [0.25, 0.3) is 0 Å². The molecule has 1 atom stereocenters. The van der Waals surface area contributed by atoms with Crippen molar-refractivity contribution in [1.82, 2.24) is 20.1 Å². The minimum Gasteiger partial charge on any atom is -0.308 e. The molecule has 0 aliphatic carbocycles. The van der Waals surface area contributed by atoms with Crippen molar-refractivity contribution in [2.24, 2.45) is 0 Å².